The van der Waals surface area contributed by atoms with Gasteiger partial charge in [-0.1, -0.05) is 17.7 Å². The number of carbonyl (C=O) groups excluding carboxylic acids is 3. The number of hydrogen-bond donors (Lipinski definition) is 2. The van der Waals surface area contributed by atoms with E-state index in [0.29, 0.717) is 16.4 Å². The number of aromatic nitrogens is 1. The highest BCUT2D eigenvalue weighted by Crippen LogP contribution is 2.17. The summed E-state index contributed by atoms with van der Waals surface area (Å²) in [6.07, 6.45) is 0.146. The molecule has 0 unspecified atom stereocenters. The summed E-state index contributed by atoms with van der Waals surface area (Å²) in [5.41, 5.74) is 1.89. The average molecular weight is 431 g/mol. The number of anilines is 1. The van der Waals surface area contributed by atoms with Crippen LogP contribution in [0.4, 0.5) is 5.13 Å². The monoisotopic (exact) mass is 430 g/mol. The highest BCUT2D eigenvalue weighted by atomic mass is 32.1. The molecule has 2 N–H and O–H groups in total. The largest absolute Gasteiger partial charge is 0.351 e. The molecular weight excluding hydrogens is 400 g/mol. The number of nitrogens with one attached hydrogen (secondary N) is 2. The van der Waals surface area contributed by atoms with Gasteiger partial charge in [0, 0.05) is 22.5 Å². The van der Waals surface area contributed by atoms with Crippen molar-refractivity contribution in [3.63, 3.8) is 0 Å². The van der Waals surface area contributed by atoms with Gasteiger partial charge in [-0.25, -0.2) is 4.98 Å². The van der Waals surface area contributed by atoms with Crippen molar-refractivity contribution in [2.75, 3.05) is 11.9 Å². The van der Waals surface area contributed by atoms with E-state index in [9.17, 15) is 14.4 Å². The Bertz CT molecular complexity index is 898. The van der Waals surface area contributed by atoms with Gasteiger partial charge >= 0.3 is 0 Å². The number of nitrogens with zero attached hydrogens (tertiary/aromatic N) is 2. The van der Waals surface area contributed by atoms with Gasteiger partial charge in [-0.15, -0.1) is 11.3 Å². The van der Waals surface area contributed by atoms with Gasteiger partial charge in [0.1, 0.15) is 6.54 Å². The Balaban J connectivity index is 1.98. The number of thiazole rings is 1. The van der Waals surface area contributed by atoms with E-state index in [-0.39, 0.29) is 42.3 Å². The molecule has 7 nitrogen and oxygen atoms in total. The summed E-state index contributed by atoms with van der Waals surface area (Å²) in [6.45, 7) is 11.4. The first kappa shape index (κ1) is 23.5. The van der Waals surface area contributed by atoms with Gasteiger partial charge in [-0.3, -0.25) is 14.4 Å². The van der Waals surface area contributed by atoms with Crippen LogP contribution in [0.3, 0.4) is 0 Å². The molecule has 0 aliphatic rings. The third kappa shape index (κ3) is 7.26. The molecule has 0 spiro atoms. The number of benzene rings is 1. The van der Waals surface area contributed by atoms with E-state index in [2.05, 4.69) is 15.6 Å². The Morgan fingerprint density at radius 2 is 1.73 bits per heavy atom. The highest BCUT2D eigenvalue weighted by Gasteiger charge is 2.22. The van der Waals surface area contributed by atoms with Crippen molar-refractivity contribution in [2.45, 2.75) is 59.5 Å². The van der Waals surface area contributed by atoms with E-state index < -0.39 is 0 Å². The topological polar surface area (TPSA) is 91.4 Å². The second-order valence-corrected chi connectivity index (χ2v) is 9.42. The fourth-order valence-corrected chi connectivity index (χ4v) is 3.46. The van der Waals surface area contributed by atoms with Crippen molar-refractivity contribution >= 4 is 34.2 Å². The van der Waals surface area contributed by atoms with Crippen molar-refractivity contribution in [3.8, 4) is 0 Å². The van der Waals surface area contributed by atoms with Crippen LogP contribution in [-0.4, -0.2) is 45.7 Å². The minimum Gasteiger partial charge on any atom is -0.351 e. The summed E-state index contributed by atoms with van der Waals surface area (Å²) in [4.78, 5) is 43.2. The maximum absolute atomic E-state index is 12.8. The second kappa shape index (κ2) is 9.84. The predicted octanol–water partition coefficient (Wildman–Crippen LogP) is 3.40. The van der Waals surface area contributed by atoms with Crippen LogP contribution in [0.2, 0.25) is 0 Å². The lowest BCUT2D eigenvalue weighted by Gasteiger charge is -2.26. The van der Waals surface area contributed by atoms with E-state index in [1.165, 1.54) is 16.2 Å². The van der Waals surface area contributed by atoms with Crippen LogP contribution >= 0.6 is 11.3 Å². The second-order valence-electron chi connectivity index (χ2n) is 8.56. The summed E-state index contributed by atoms with van der Waals surface area (Å²) >= 11 is 1.25. The first-order chi connectivity index (χ1) is 13.9. The van der Waals surface area contributed by atoms with Gasteiger partial charge in [0.05, 0.1) is 12.1 Å². The number of amides is 3. The van der Waals surface area contributed by atoms with Crippen molar-refractivity contribution in [2.24, 2.45) is 0 Å². The summed E-state index contributed by atoms with van der Waals surface area (Å²) in [5.74, 6) is -0.650. The minimum absolute atomic E-state index is 0.0796. The molecule has 162 valence electrons. The zero-order valence-corrected chi connectivity index (χ0v) is 19.2. The molecule has 0 aliphatic carbocycles. The quantitative estimate of drug-likeness (QED) is 0.704. The van der Waals surface area contributed by atoms with Crippen molar-refractivity contribution in [1.29, 1.82) is 0 Å². The van der Waals surface area contributed by atoms with Gasteiger partial charge in [0.25, 0.3) is 5.91 Å². The van der Waals surface area contributed by atoms with E-state index in [0.717, 1.165) is 5.56 Å². The molecule has 1 heterocycles. The number of aryl methyl sites for hydroxylation is 1. The molecule has 8 heteroatoms. The van der Waals surface area contributed by atoms with Gasteiger partial charge in [-0.2, -0.15) is 0 Å². The van der Waals surface area contributed by atoms with E-state index in [1.54, 1.807) is 17.5 Å². The van der Waals surface area contributed by atoms with Crippen molar-refractivity contribution in [1.82, 2.24) is 15.2 Å². The van der Waals surface area contributed by atoms with E-state index in [1.807, 2.05) is 53.7 Å². The Kier molecular flexibility index (Phi) is 7.72. The van der Waals surface area contributed by atoms with Gasteiger partial charge in [0.2, 0.25) is 11.8 Å². The average Bonchev–Trinajstić information content (AvgIpc) is 3.04. The van der Waals surface area contributed by atoms with Crippen LogP contribution < -0.4 is 10.6 Å². The Morgan fingerprint density at radius 3 is 2.30 bits per heavy atom. The first-order valence-electron chi connectivity index (χ1n) is 9.87. The number of rotatable bonds is 7. The molecular formula is C22H30N4O3S. The van der Waals surface area contributed by atoms with Crippen LogP contribution in [0.5, 0.6) is 0 Å². The normalized spacial score (nSPS) is 11.3. The van der Waals surface area contributed by atoms with Gasteiger partial charge in [0.15, 0.2) is 5.13 Å². The summed E-state index contributed by atoms with van der Waals surface area (Å²) in [5, 5.41) is 7.76. The minimum atomic E-state index is -0.329. The van der Waals surface area contributed by atoms with Crippen molar-refractivity contribution < 1.29 is 14.4 Å². The summed E-state index contributed by atoms with van der Waals surface area (Å²) in [6, 6.07) is 7.14. The zero-order valence-electron chi connectivity index (χ0n) is 18.4. The molecule has 0 bridgehead atoms. The molecule has 0 saturated carbocycles. The molecule has 0 saturated heterocycles. The number of hydrogen-bond acceptors (Lipinski definition) is 5. The van der Waals surface area contributed by atoms with Gasteiger partial charge in [-0.05, 0) is 53.7 Å². The van der Waals surface area contributed by atoms with E-state index >= 15 is 0 Å². The standard InChI is InChI=1S/C22H30N4O3S/c1-14(2)26(20(29)16-9-7-15(3)8-10-16)12-19(28)24-21-23-17(13-30-21)11-18(27)25-22(4,5)6/h7-10,13-14H,11-12H2,1-6H3,(H,25,27)(H,23,24,28). The third-order valence-corrected chi connectivity index (χ3v) is 4.96. The molecule has 2 aromatic rings. The van der Waals surface area contributed by atoms with Crippen LogP contribution in [0.25, 0.3) is 0 Å². The molecule has 0 radical (unpaired) electrons. The van der Waals surface area contributed by atoms with Crippen LogP contribution in [0.15, 0.2) is 29.6 Å². The van der Waals surface area contributed by atoms with Crippen molar-refractivity contribution in [3.05, 3.63) is 46.5 Å². The Hall–Kier alpha value is -2.74. The third-order valence-electron chi connectivity index (χ3n) is 4.15. The highest BCUT2D eigenvalue weighted by molar-refractivity contribution is 7.13. The van der Waals surface area contributed by atoms with E-state index in [4.69, 9.17) is 0 Å². The fourth-order valence-electron chi connectivity index (χ4n) is 2.74. The molecule has 0 aliphatic heterocycles. The smallest absolute Gasteiger partial charge is 0.254 e. The first-order valence-corrected chi connectivity index (χ1v) is 10.8. The molecule has 0 atom stereocenters. The lowest BCUT2D eigenvalue weighted by Crippen LogP contribution is -2.42. The Morgan fingerprint density at radius 1 is 1.10 bits per heavy atom. The lowest BCUT2D eigenvalue weighted by molar-refractivity contribution is -0.122. The number of carbonyl (C=O) groups is 3. The maximum atomic E-state index is 12.8. The molecule has 2 rings (SSSR count). The summed E-state index contributed by atoms with van der Waals surface area (Å²) < 4.78 is 0. The zero-order chi connectivity index (χ0) is 22.5. The maximum Gasteiger partial charge on any atom is 0.254 e. The van der Waals surface area contributed by atoms with Gasteiger partial charge < -0.3 is 15.5 Å². The molecule has 30 heavy (non-hydrogen) atoms. The van der Waals surface area contributed by atoms with Crippen LogP contribution in [-0.2, 0) is 16.0 Å². The lowest BCUT2D eigenvalue weighted by atomic mass is 10.1. The fraction of sp³-hybridized carbons (Fsp3) is 0.455. The van der Waals surface area contributed by atoms with Crippen LogP contribution in [0, 0.1) is 6.92 Å². The molecule has 1 aromatic heterocycles. The predicted molar refractivity (Wildman–Crippen MR) is 120 cm³/mol. The molecule has 1 aromatic carbocycles. The SMILES string of the molecule is Cc1ccc(C(=O)N(CC(=O)Nc2nc(CC(=O)NC(C)(C)C)cs2)C(C)C)cc1. The molecule has 0 fully saturated rings. The van der Waals surface area contributed by atoms with Crippen LogP contribution in [0.1, 0.15) is 56.2 Å². The summed E-state index contributed by atoms with van der Waals surface area (Å²) in [7, 11) is 0. The Labute approximate surface area is 181 Å². The molecule has 3 amide bonds.